The molecule has 4 aromatic rings. The van der Waals surface area contributed by atoms with Gasteiger partial charge >= 0.3 is 0 Å². The van der Waals surface area contributed by atoms with Gasteiger partial charge in [0.2, 0.25) is 5.91 Å². The van der Waals surface area contributed by atoms with Crippen molar-refractivity contribution in [3.8, 4) is 16.9 Å². The summed E-state index contributed by atoms with van der Waals surface area (Å²) in [4.78, 5) is 26.2. The molecular formula is C28H26N4O2. The van der Waals surface area contributed by atoms with Gasteiger partial charge in [0.25, 0.3) is 5.91 Å². The molecular weight excluding hydrogens is 424 g/mol. The third-order valence-electron chi connectivity index (χ3n) is 5.46. The van der Waals surface area contributed by atoms with E-state index in [1.54, 1.807) is 43.3 Å². The van der Waals surface area contributed by atoms with Gasteiger partial charge < -0.3 is 10.2 Å². The summed E-state index contributed by atoms with van der Waals surface area (Å²) in [6.07, 6.45) is 5.26. The van der Waals surface area contributed by atoms with Gasteiger partial charge in [0, 0.05) is 49.6 Å². The number of likely N-dealkylation sites (N-methyl/N-ethyl adjacent to an activating group) is 1. The highest BCUT2D eigenvalue weighted by molar-refractivity contribution is 5.94. The summed E-state index contributed by atoms with van der Waals surface area (Å²) in [6, 6.07) is 27.0. The highest BCUT2D eigenvalue weighted by atomic mass is 16.2. The molecule has 0 fully saturated rings. The Balaban J connectivity index is 1.53. The molecule has 170 valence electrons. The predicted molar refractivity (Wildman–Crippen MR) is 134 cm³/mol. The van der Waals surface area contributed by atoms with E-state index in [9.17, 15) is 9.59 Å². The first-order valence-corrected chi connectivity index (χ1v) is 11.0. The number of amides is 2. The van der Waals surface area contributed by atoms with Crippen molar-refractivity contribution in [2.24, 2.45) is 0 Å². The molecule has 0 spiro atoms. The van der Waals surface area contributed by atoms with Crippen molar-refractivity contribution in [3.63, 3.8) is 0 Å². The van der Waals surface area contributed by atoms with Crippen molar-refractivity contribution >= 4 is 17.9 Å². The Hall–Kier alpha value is -4.45. The van der Waals surface area contributed by atoms with Crippen molar-refractivity contribution in [2.45, 2.75) is 6.54 Å². The minimum atomic E-state index is -0.142. The molecule has 1 N–H and O–H groups in total. The summed E-state index contributed by atoms with van der Waals surface area (Å²) >= 11 is 0. The quantitative estimate of drug-likeness (QED) is 0.420. The maximum atomic E-state index is 12.8. The molecule has 0 aliphatic carbocycles. The zero-order valence-corrected chi connectivity index (χ0v) is 19.2. The monoisotopic (exact) mass is 450 g/mol. The van der Waals surface area contributed by atoms with Crippen LogP contribution in [0, 0.1) is 0 Å². The zero-order chi connectivity index (χ0) is 23.9. The summed E-state index contributed by atoms with van der Waals surface area (Å²) in [5.41, 5.74) is 5.18. The standard InChI is InChI=1S/C28H26N4O2/c1-29-28(34)23-16-13-21(14-17-23)15-18-26(33)31(2)19-24-20-32(25-11-7-4-8-12-25)30-27(24)22-9-5-3-6-10-22/h3-18,20H,19H2,1-2H3,(H,29,34)/b18-15+. The third-order valence-corrected chi connectivity index (χ3v) is 5.46. The number of hydrogen-bond donors (Lipinski definition) is 1. The zero-order valence-electron chi connectivity index (χ0n) is 19.2. The SMILES string of the molecule is CNC(=O)c1ccc(/C=C/C(=O)N(C)Cc2cn(-c3ccccc3)nc2-c2ccccc2)cc1. The average Bonchev–Trinajstić information content (AvgIpc) is 3.31. The molecule has 6 nitrogen and oxygen atoms in total. The second-order valence-electron chi connectivity index (χ2n) is 7.88. The molecule has 34 heavy (non-hydrogen) atoms. The molecule has 3 aromatic carbocycles. The highest BCUT2D eigenvalue weighted by Crippen LogP contribution is 2.24. The van der Waals surface area contributed by atoms with Gasteiger partial charge in [-0.05, 0) is 35.9 Å². The number of hydrogen-bond acceptors (Lipinski definition) is 3. The van der Waals surface area contributed by atoms with E-state index in [0.29, 0.717) is 12.1 Å². The number of nitrogens with one attached hydrogen (secondary N) is 1. The Kier molecular flexibility index (Phi) is 6.98. The summed E-state index contributed by atoms with van der Waals surface area (Å²) in [6.45, 7) is 0.413. The lowest BCUT2D eigenvalue weighted by atomic mass is 10.1. The van der Waals surface area contributed by atoms with Crippen molar-refractivity contribution in [1.29, 1.82) is 0 Å². The normalized spacial score (nSPS) is 10.9. The fourth-order valence-corrected chi connectivity index (χ4v) is 3.60. The van der Waals surface area contributed by atoms with Crippen molar-refractivity contribution in [2.75, 3.05) is 14.1 Å². The summed E-state index contributed by atoms with van der Waals surface area (Å²) in [7, 11) is 3.37. The molecule has 0 saturated carbocycles. The smallest absolute Gasteiger partial charge is 0.251 e. The predicted octanol–water partition coefficient (Wildman–Crippen LogP) is 4.57. The van der Waals surface area contributed by atoms with Crippen LogP contribution in [-0.4, -0.2) is 40.6 Å². The van der Waals surface area contributed by atoms with Gasteiger partial charge in [-0.15, -0.1) is 0 Å². The average molecular weight is 451 g/mol. The first-order valence-electron chi connectivity index (χ1n) is 11.0. The molecule has 0 aliphatic heterocycles. The van der Waals surface area contributed by atoms with Crippen LogP contribution >= 0.6 is 0 Å². The molecule has 0 unspecified atom stereocenters. The lowest BCUT2D eigenvalue weighted by molar-refractivity contribution is -0.125. The number of nitrogens with zero attached hydrogens (tertiary/aromatic N) is 3. The Labute approximate surface area is 199 Å². The summed E-state index contributed by atoms with van der Waals surface area (Å²) < 4.78 is 1.85. The topological polar surface area (TPSA) is 67.2 Å². The molecule has 0 radical (unpaired) electrons. The van der Waals surface area contributed by atoms with Crippen molar-refractivity contribution < 1.29 is 9.59 Å². The van der Waals surface area contributed by atoms with Gasteiger partial charge in [0.05, 0.1) is 11.4 Å². The maximum Gasteiger partial charge on any atom is 0.251 e. The number of aromatic nitrogens is 2. The highest BCUT2D eigenvalue weighted by Gasteiger charge is 2.15. The summed E-state index contributed by atoms with van der Waals surface area (Å²) in [5.74, 6) is -0.265. The van der Waals surface area contributed by atoms with Crippen LogP contribution in [0.3, 0.4) is 0 Å². The van der Waals surface area contributed by atoms with Crippen LogP contribution in [-0.2, 0) is 11.3 Å². The molecule has 1 aromatic heterocycles. The van der Waals surface area contributed by atoms with Crippen LogP contribution in [0.1, 0.15) is 21.5 Å². The lowest BCUT2D eigenvalue weighted by Gasteiger charge is -2.15. The van der Waals surface area contributed by atoms with Crippen molar-refractivity contribution in [3.05, 3.63) is 114 Å². The molecule has 0 atom stereocenters. The van der Waals surface area contributed by atoms with Gasteiger partial charge in [0.15, 0.2) is 0 Å². The number of para-hydroxylation sites is 1. The lowest BCUT2D eigenvalue weighted by Crippen LogP contribution is -2.24. The van der Waals surface area contributed by atoms with Gasteiger partial charge in [-0.25, -0.2) is 4.68 Å². The number of rotatable bonds is 7. The van der Waals surface area contributed by atoms with Crippen LogP contribution < -0.4 is 5.32 Å². The second-order valence-corrected chi connectivity index (χ2v) is 7.88. The Morgan fingerprint density at radius 1 is 0.941 bits per heavy atom. The van der Waals surface area contributed by atoms with Gasteiger partial charge in [-0.2, -0.15) is 5.10 Å². The minimum Gasteiger partial charge on any atom is -0.355 e. The number of carbonyl (C=O) groups is 2. The van der Waals surface area contributed by atoms with E-state index in [1.165, 1.54) is 0 Å². The van der Waals surface area contributed by atoms with Gasteiger partial charge in [0.1, 0.15) is 0 Å². The molecule has 4 rings (SSSR count). The fourth-order valence-electron chi connectivity index (χ4n) is 3.60. The summed E-state index contributed by atoms with van der Waals surface area (Å²) in [5, 5.41) is 7.41. The maximum absolute atomic E-state index is 12.8. The van der Waals surface area contributed by atoms with Crippen LogP contribution in [0.25, 0.3) is 23.0 Å². The van der Waals surface area contributed by atoms with E-state index in [1.807, 2.05) is 83.7 Å². The first-order chi connectivity index (χ1) is 16.5. The van der Waals surface area contributed by atoms with Crippen LogP contribution in [0.5, 0.6) is 0 Å². The van der Waals surface area contributed by atoms with E-state index in [0.717, 1.165) is 28.1 Å². The Bertz CT molecular complexity index is 1290. The van der Waals surface area contributed by atoms with E-state index in [2.05, 4.69) is 5.32 Å². The largest absolute Gasteiger partial charge is 0.355 e. The number of carbonyl (C=O) groups excluding carboxylic acids is 2. The molecule has 2 amide bonds. The minimum absolute atomic E-state index is 0.123. The molecule has 6 heteroatoms. The van der Waals surface area contributed by atoms with Crippen LogP contribution in [0.4, 0.5) is 0 Å². The fraction of sp³-hybridized carbons (Fsp3) is 0.107. The third kappa shape index (κ3) is 5.30. The first kappa shape index (κ1) is 22.7. The van der Waals surface area contributed by atoms with E-state index in [4.69, 9.17) is 5.10 Å². The molecule has 0 aliphatic rings. The molecule has 1 heterocycles. The second kappa shape index (κ2) is 10.4. The Morgan fingerprint density at radius 3 is 2.24 bits per heavy atom. The molecule has 0 saturated heterocycles. The van der Waals surface area contributed by atoms with Crippen LogP contribution in [0.2, 0.25) is 0 Å². The van der Waals surface area contributed by atoms with Gasteiger partial charge in [-0.1, -0.05) is 60.7 Å². The van der Waals surface area contributed by atoms with Gasteiger partial charge in [-0.3, -0.25) is 9.59 Å². The van der Waals surface area contributed by atoms with Crippen LogP contribution in [0.15, 0.2) is 97.2 Å². The van der Waals surface area contributed by atoms with E-state index < -0.39 is 0 Å². The van der Waals surface area contributed by atoms with E-state index >= 15 is 0 Å². The Morgan fingerprint density at radius 2 is 1.59 bits per heavy atom. The number of benzene rings is 3. The van der Waals surface area contributed by atoms with Crippen molar-refractivity contribution in [1.82, 2.24) is 20.0 Å². The van der Waals surface area contributed by atoms with E-state index in [-0.39, 0.29) is 11.8 Å². The molecule has 0 bridgehead atoms.